The molecular weight excluding hydrogens is 326 g/mol. The van der Waals surface area contributed by atoms with Gasteiger partial charge in [0.2, 0.25) is 0 Å². The van der Waals surface area contributed by atoms with Gasteiger partial charge in [-0.1, -0.05) is 60.7 Å². The summed E-state index contributed by atoms with van der Waals surface area (Å²) in [5, 5.41) is 26.1. The molecule has 5 rings (SSSR count). The van der Waals surface area contributed by atoms with Gasteiger partial charge in [-0.3, -0.25) is 0 Å². The number of quaternary nitrogens is 1. The van der Waals surface area contributed by atoms with E-state index in [1.165, 1.54) is 0 Å². The van der Waals surface area contributed by atoms with Crippen LogP contribution in [0, 0.1) is 17.0 Å². The number of benzene rings is 2. The Kier molecular flexibility index (Phi) is 4.61. The highest BCUT2D eigenvalue weighted by Crippen LogP contribution is 2.51. The minimum absolute atomic E-state index is 0.0467. The van der Waals surface area contributed by atoms with E-state index in [0.717, 1.165) is 24.0 Å². The summed E-state index contributed by atoms with van der Waals surface area (Å²) in [5.41, 5.74) is 0.253. The zero-order chi connectivity index (χ0) is 18.2. The highest BCUT2D eigenvalue weighted by molar-refractivity contribution is 5.38. The van der Waals surface area contributed by atoms with Gasteiger partial charge in [-0.25, -0.2) is 0 Å². The molecule has 3 aliphatic heterocycles. The summed E-state index contributed by atoms with van der Waals surface area (Å²) < 4.78 is 5.19. The molecule has 0 saturated carbocycles. The molecule has 3 saturated heterocycles. The Hall–Kier alpha value is -1.72. The molecule has 138 valence electrons. The van der Waals surface area contributed by atoms with Gasteiger partial charge in [0, 0.05) is 25.9 Å². The van der Waals surface area contributed by atoms with Gasteiger partial charge >= 0.3 is 0 Å². The maximum absolute atomic E-state index is 13.9. The van der Waals surface area contributed by atoms with E-state index in [9.17, 15) is 10.3 Å². The third kappa shape index (κ3) is 2.69. The number of fused-ring (bicyclic) bond motifs is 3. The van der Waals surface area contributed by atoms with E-state index in [4.69, 9.17) is 4.74 Å². The third-order valence-corrected chi connectivity index (χ3v) is 6.49. The Morgan fingerprint density at radius 2 is 1.50 bits per heavy atom. The van der Waals surface area contributed by atoms with E-state index in [2.05, 4.69) is 0 Å². The Balaban J connectivity index is 1.90. The summed E-state index contributed by atoms with van der Waals surface area (Å²) in [6.45, 7) is 1.68. The first-order valence-electron chi connectivity index (χ1n) is 9.50. The van der Waals surface area contributed by atoms with Crippen molar-refractivity contribution in [1.82, 2.24) is 0 Å². The topological polar surface area (TPSA) is 52.5 Å². The van der Waals surface area contributed by atoms with Crippen molar-refractivity contribution in [2.24, 2.45) is 11.8 Å². The number of hydrogen-bond acceptors (Lipinski definition) is 3. The number of rotatable bonds is 5. The van der Waals surface area contributed by atoms with Gasteiger partial charge in [-0.05, 0) is 17.0 Å². The Morgan fingerprint density at radius 3 is 1.96 bits per heavy atom. The van der Waals surface area contributed by atoms with Gasteiger partial charge in [0.05, 0.1) is 19.7 Å². The first kappa shape index (κ1) is 17.7. The van der Waals surface area contributed by atoms with Crippen LogP contribution in [0.1, 0.15) is 24.0 Å². The summed E-state index contributed by atoms with van der Waals surface area (Å²) in [4.78, 5) is 0. The predicted molar refractivity (Wildman–Crippen MR) is 101 cm³/mol. The van der Waals surface area contributed by atoms with Crippen LogP contribution in [0.3, 0.4) is 0 Å². The standard InChI is InChI=1S/C22H27NO3/c1-26-16-20-17-12-14-23(25,15-13-17)21(20)22(24,18-8-4-2-5-9-18)19-10-6-3-7-11-19/h2-11,17,20-21,24H,12-16H2,1H3/t17?,20-,21-,23?/m1/s1. The average Bonchev–Trinajstić information content (AvgIpc) is 2.69. The summed E-state index contributed by atoms with van der Waals surface area (Å²) in [6.07, 6.45) is 1.85. The lowest BCUT2D eigenvalue weighted by Gasteiger charge is -2.64. The zero-order valence-corrected chi connectivity index (χ0v) is 15.3. The summed E-state index contributed by atoms with van der Waals surface area (Å²) >= 11 is 0. The SMILES string of the molecule is COC[C@@H]1C2CC[N+]([O-])(CC2)[C@H]1C(O)(c1ccccc1)c1ccccc1. The van der Waals surface area contributed by atoms with E-state index >= 15 is 0 Å². The van der Waals surface area contributed by atoms with Crippen LogP contribution < -0.4 is 0 Å². The average molecular weight is 353 g/mol. The number of methoxy groups -OCH3 is 1. The molecule has 0 unspecified atom stereocenters. The first-order chi connectivity index (χ1) is 12.6. The van der Waals surface area contributed by atoms with Gasteiger partial charge in [0.1, 0.15) is 6.04 Å². The molecule has 26 heavy (non-hydrogen) atoms. The van der Waals surface area contributed by atoms with Gasteiger partial charge in [0.15, 0.2) is 5.60 Å². The van der Waals surface area contributed by atoms with Crippen LogP contribution in [0.25, 0.3) is 0 Å². The van der Waals surface area contributed by atoms with Gasteiger partial charge in [0.25, 0.3) is 0 Å². The number of piperidine rings is 3. The molecule has 0 aliphatic carbocycles. The van der Waals surface area contributed by atoms with Crippen LogP contribution >= 0.6 is 0 Å². The lowest BCUT2D eigenvalue weighted by atomic mass is 9.64. The molecule has 2 bridgehead atoms. The minimum Gasteiger partial charge on any atom is -0.632 e. The van der Waals surface area contributed by atoms with Crippen molar-refractivity contribution in [3.63, 3.8) is 0 Å². The minimum atomic E-state index is -1.33. The molecule has 1 N–H and O–H groups in total. The summed E-state index contributed by atoms with van der Waals surface area (Å²) in [5.74, 6) is 0.485. The fraction of sp³-hybridized carbons (Fsp3) is 0.455. The van der Waals surface area contributed by atoms with Crippen molar-refractivity contribution >= 4 is 0 Å². The molecule has 2 aromatic carbocycles. The van der Waals surface area contributed by atoms with E-state index in [1.54, 1.807) is 7.11 Å². The van der Waals surface area contributed by atoms with E-state index in [1.807, 2.05) is 60.7 Å². The highest BCUT2D eigenvalue weighted by Gasteiger charge is 2.59. The second-order valence-corrected chi connectivity index (χ2v) is 7.80. The normalized spacial score (nSPS) is 31.1. The molecule has 0 aromatic heterocycles. The lowest BCUT2D eigenvalue weighted by molar-refractivity contribution is -0.935. The molecule has 2 atom stereocenters. The van der Waals surface area contributed by atoms with Gasteiger partial charge < -0.3 is 19.7 Å². The van der Waals surface area contributed by atoms with Gasteiger partial charge in [-0.2, -0.15) is 0 Å². The maximum atomic E-state index is 13.9. The smallest absolute Gasteiger partial charge is 0.167 e. The van der Waals surface area contributed by atoms with Crippen LogP contribution in [0.4, 0.5) is 0 Å². The predicted octanol–water partition coefficient (Wildman–Crippen LogP) is 3.29. The number of ether oxygens (including phenoxy) is 1. The highest BCUT2D eigenvalue weighted by atomic mass is 16.6. The van der Waals surface area contributed by atoms with Gasteiger partial charge in [-0.15, -0.1) is 0 Å². The van der Waals surface area contributed by atoms with Crippen LogP contribution in [-0.4, -0.2) is 42.6 Å². The molecule has 3 aliphatic rings. The molecule has 4 heteroatoms. The third-order valence-electron chi connectivity index (χ3n) is 6.49. The number of aliphatic hydroxyl groups is 1. The number of hydroxylamine groups is 3. The van der Waals surface area contributed by atoms with Crippen molar-refractivity contribution in [3.05, 3.63) is 77.0 Å². The zero-order valence-electron chi connectivity index (χ0n) is 15.3. The maximum Gasteiger partial charge on any atom is 0.167 e. The fourth-order valence-corrected chi connectivity index (χ4v) is 5.30. The number of nitrogens with zero attached hydrogens (tertiary/aromatic N) is 1. The molecule has 0 amide bonds. The van der Waals surface area contributed by atoms with Crippen LogP contribution in [0.5, 0.6) is 0 Å². The molecule has 3 heterocycles. The molecule has 0 spiro atoms. The lowest BCUT2D eigenvalue weighted by Crippen LogP contribution is -2.72. The van der Waals surface area contributed by atoms with Crippen molar-refractivity contribution in [2.75, 3.05) is 26.8 Å². The summed E-state index contributed by atoms with van der Waals surface area (Å²) in [7, 11) is 1.69. The quantitative estimate of drug-likeness (QED) is 0.663. The van der Waals surface area contributed by atoms with Crippen LogP contribution in [0.15, 0.2) is 60.7 Å². The van der Waals surface area contributed by atoms with Crippen molar-refractivity contribution in [3.8, 4) is 0 Å². The van der Waals surface area contributed by atoms with Crippen LogP contribution in [-0.2, 0) is 10.3 Å². The van der Waals surface area contributed by atoms with Crippen molar-refractivity contribution < 1.29 is 14.5 Å². The molecule has 0 radical (unpaired) electrons. The Labute approximate surface area is 155 Å². The monoisotopic (exact) mass is 353 g/mol. The fourth-order valence-electron chi connectivity index (χ4n) is 5.30. The summed E-state index contributed by atoms with van der Waals surface area (Å²) in [6, 6.07) is 18.9. The Bertz CT molecular complexity index is 686. The van der Waals surface area contributed by atoms with Crippen molar-refractivity contribution in [2.45, 2.75) is 24.5 Å². The van der Waals surface area contributed by atoms with E-state index in [-0.39, 0.29) is 10.6 Å². The first-order valence-corrected chi connectivity index (χ1v) is 9.50. The molecule has 4 nitrogen and oxygen atoms in total. The van der Waals surface area contributed by atoms with Crippen molar-refractivity contribution in [1.29, 1.82) is 0 Å². The second-order valence-electron chi connectivity index (χ2n) is 7.80. The van der Waals surface area contributed by atoms with E-state index < -0.39 is 11.6 Å². The molecule has 3 fully saturated rings. The Morgan fingerprint density at radius 1 is 1.00 bits per heavy atom. The largest absolute Gasteiger partial charge is 0.632 e. The van der Waals surface area contributed by atoms with E-state index in [0.29, 0.717) is 25.6 Å². The number of hydrogen-bond donors (Lipinski definition) is 1. The second kappa shape index (κ2) is 6.78. The van der Waals surface area contributed by atoms with Crippen LogP contribution in [0.2, 0.25) is 0 Å². The molecular formula is C22H27NO3. The molecule has 2 aromatic rings.